The van der Waals surface area contributed by atoms with Gasteiger partial charge in [0.1, 0.15) is 10.3 Å². The molecule has 2 rings (SSSR count). The van der Waals surface area contributed by atoms with Crippen molar-refractivity contribution < 1.29 is 4.79 Å². The third kappa shape index (κ3) is 2.72. The van der Waals surface area contributed by atoms with Crippen molar-refractivity contribution in [1.29, 1.82) is 0 Å². The van der Waals surface area contributed by atoms with E-state index in [9.17, 15) is 4.79 Å². The molecule has 1 aromatic rings. The van der Waals surface area contributed by atoms with Crippen molar-refractivity contribution in [2.75, 3.05) is 24.6 Å². The van der Waals surface area contributed by atoms with Gasteiger partial charge in [-0.25, -0.2) is 4.98 Å². The summed E-state index contributed by atoms with van der Waals surface area (Å²) >= 11 is 5.16. The van der Waals surface area contributed by atoms with E-state index in [1.807, 2.05) is 28.8 Å². The first-order valence-corrected chi connectivity index (χ1v) is 6.72. The summed E-state index contributed by atoms with van der Waals surface area (Å²) in [4.78, 5) is 18.0. The zero-order valence-corrected chi connectivity index (χ0v) is 10.6. The Bertz CT molecular complexity index is 366. The molecule has 0 N–H and O–H groups in total. The van der Waals surface area contributed by atoms with Crippen molar-refractivity contribution in [3.8, 4) is 0 Å². The van der Waals surface area contributed by atoms with Crippen LogP contribution in [0.5, 0.6) is 0 Å². The van der Waals surface area contributed by atoms with Crippen LogP contribution in [-0.4, -0.2) is 40.4 Å². The molecule has 1 fully saturated rings. The normalized spacial score (nSPS) is 16.5. The molecule has 15 heavy (non-hydrogen) atoms. The van der Waals surface area contributed by atoms with E-state index < -0.39 is 0 Å². The number of thioether (sulfide) groups is 1. The van der Waals surface area contributed by atoms with Gasteiger partial charge in [-0.1, -0.05) is 6.07 Å². The molecule has 3 nitrogen and oxygen atoms in total. The van der Waals surface area contributed by atoms with Crippen molar-refractivity contribution >= 4 is 33.6 Å². The van der Waals surface area contributed by atoms with E-state index in [2.05, 4.69) is 20.9 Å². The van der Waals surface area contributed by atoms with E-state index in [4.69, 9.17) is 0 Å². The molecule has 1 saturated heterocycles. The molecule has 0 aliphatic carbocycles. The Morgan fingerprint density at radius 2 is 2.13 bits per heavy atom. The van der Waals surface area contributed by atoms with Crippen LogP contribution in [0.15, 0.2) is 22.8 Å². The Balaban J connectivity index is 2.12. The van der Waals surface area contributed by atoms with Gasteiger partial charge in [-0.15, -0.1) is 0 Å². The average molecular weight is 287 g/mol. The molecule has 0 spiro atoms. The van der Waals surface area contributed by atoms with Gasteiger partial charge < -0.3 is 4.90 Å². The molecule has 1 aromatic heterocycles. The standard InChI is InChI=1S/C10H11BrN2OS/c11-9-3-1-2-8(12-9)10(14)13-4-6-15-7-5-13/h1-3H,4-7H2. The van der Waals surface area contributed by atoms with Gasteiger partial charge in [0, 0.05) is 24.6 Å². The number of aromatic nitrogens is 1. The molecule has 80 valence electrons. The summed E-state index contributed by atoms with van der Waals surface area (Å²) in [6.07, 6.45) is 0. The van der Waals surface area contributed by atoms with Gasteiger partial charge in [-0.3, -0.25) is 4.79 Å². The lowest BCUT2D eigenvalue weighted by Crippen LogP contribution is -2.38. The number of amides is 1. The third-order valence-corrected chi connectivity index (χ3v) is 3.62. The Morgan fingerprint density at radius 3 is 2.80 bits per heavy atom. The third-order valence-electron chi connectivity index (χ3n) is 2.23. The zero-order valence-electron chi connectivity index (χ0n) is 8.15. The van der Waals surface area contributed by atoms with Gasteiger partial charge in [0.05, 0.1) is 0 Å². The fourth-order valence-corrected chi connectivity index (χ4v) is 2.70. The van der Waals surface area contributed by atoms with E-state index in [0.29, 0.717) is 10.3 Å². The molecule has 0 atom stereocenters. The molecular formula is C10H11BrN2OS. The highest BCUT2D eigenvalue weighted by Gasteiger charge is 2.19. The maximum Gasteiger partial charge on any atom is 0.272 e. The number of pyridine rings is 1. The van der Waals surface area contributed by atoms with Crippen LogP contribution in [0.25, 0.3) is 0 Å². The second-order valence-electron chi connectivity index (χ2n) is 3.25. The summed E-state index contributed by atoms with van der Waals surface area (Å²) in [6, 6.07) is 5.42. The number of hydrogen-bond acceptors (Lipinski definition) is 3. The van der Waals surface area contributed by atoms with E-state index in [1.165, 1.54) is 0 Å². The fraction of sp³-hybridized carbons (Fsp3) is 0.400. The molecule has 2 heterocycles. The second kappa shape index (κ2) is 4.99. The van der Waals surface area contributed by atoms with Crippen LogP contribution in [0, 0.1) is 0 Å². The molecule has 1 aliphatic rings. The highest BCUT2D eigenvalue weighted by Crippen LogP contribution is 2.13. The maximum absolute atomic E-state index is 12.0. The minimum absolute atomic E-state index is 0.0385. The predicted molar refractivity (Wildman–Crippen MR) is 65.2 cm³/mol. The largest absolute Gasteiger partial charge is 0.336 e. The number of hydrogen-bond donors (Lipinski definition) is 0. The fourth-order valence-electron chi connectivity index (χ4n) is 1.46. The molecule has 0 saturated carbocycles. The van der Waals surface area contributed by atoms with Crippen LogP contribution >= 0.6 is 27.7 Å². The molecule has 0 aromatic carbocycles. The summed E-state index contributed by atoms with van der Waals surface area (Å²) in [7, 11) is 0. The number of rotatable bonds is 1. The van der Waals surface area contributed by atoms with Crippen molar-refractivity contribution in [3.63, 3.8) is 0 Å². The van der Waals surface area contributed by atoms with Crippen LogP contribution in [0.4, 0.5) is 0 Å². The topological polar surface area (TPSA) is 33.2 Å². The predicted octanol–water partition coefficient (Wildman–Crippen LogP) is 2.03. The smallest absolute Gasteiger partial charge is 0.272 e. The van der Waals surface area contributed by atoms with Crippen molar-refractivity contribution in [2.45, 2.75) is 0 Å². The van der Waals surface area contributed by atoms with Crippen LogP contribution in [0.3, 0.4) is 0 Å². The first-order chi connectivity index (χ1) is 7.27. The van der Waals surface area contributed by atoms with Crippen molar-refractivity contribution in [2.24, 2.45) is 0 Å². The average Bonchev–Trinajstić information content (AvgIpc) is 2.29. The number of carbonyl (C=O) groups excluding carboxylic acids is 1. The summed E-state index contributed by atoms with van der Waals surface area (Å²) in [5.74, 6) is 2.09. The summed E-state index contributed by atoms with van der Waals surface area (Å²) in [5, 5.41) is 0. The maximum atomic E-state index is 12.0. The Hall–Kier alpha value is -0.550. The second-order valence-corrected chi connectivity index (χ2v) is 5.29. The number of halogens is 1. The van der Waals surface area contributed by atoms with Crippen LogP contribution in [0.1, 0.15) is 10.5 Å². The van der Waals surface area contributed by atoms with Crippen LogP contribution in [0.2, 0.25) is 0 Å². The minimum atomic E-state index is 0.0385. The Labute approximate surface area is 101 Å². The van der Waals surface area contributed by atoms with E-state index in [-0.39, 0.29) is 5.91 Å². The lowest BCUT2D eigenvalue weighted by atomic mass is 10.3. The quantitative estimate of drug-likeness (QED) is 0.741. The first-order valence-electron chi connectivity index (χ1n) is 4.77. The highest BCUT2D eigenvalue weighted by molar-refractivity contribution is 9.10. The van der Waals surface area contributed by atoms with Gasteiger partial charge in [0.15, 0.2) is 0 Å². The minimum Gasteiger partial charge on any atom is -0.336 e. The monoisotopic (exact) mass is 286 g/mol. The SMILES string of the molecule is O=C(c1cccc(Br)n1)N1CCSCC1. The number of nitrogens with zero attached hydrogens (tertiary/aromatic N) is 2. The molecule has 0 radical (unpaired) electrons. The van der Waals surface area contributed by atoms with Crippen LogP contribution in [-0.2, 0) is 0 Å². The summed E-state index contributed by atoms with van der Waals surface area (Å²) < 4.78 is 0.708. The molecule has 5 heteroatoms. The summed E-state index contributed by atoms with van der Waals surface area (Å²) in [5.41, 5.74) is 0.524. The van der Waals surface area contributed by atoms with Gasteiger partial charge in [-0.2, -0.15) is 11.8 Å². The van der Waals surface area contributed by atoms with Gasteiger partial charge in [-0.05, 0) is 28.1 Å². The zero-order chi connectivity index (χ0) is 10.7. The highest BCUT2D eigenvalue weighted by atomic mass is 79.9. The molecular weight excluding hydrogens is 276 g/mol. The van der Waals surface area contributed by atoms with Gasteiger partial charge in [0.2, 0.25) is 0 Å². The lowest BCUT2D eigenvalue weighted by Gasteiger charge is -2.25. The van der Waals surface area contributed by atoms with E-state index in [0.717, 1.165) is 24.6 Å². The first kappa shape index (κ1) is 11.0. The molecule has 0 bridgehead atoms. The van der Waals surface area contributed by atoms with Crippen molar-refractivity contribution in [1.82, 2.24) is 9.88 Å². The molecule has 1 aliphatic heterocycles. The van der Waals surface area contributed by atoms with Gasteiger partial charge >= 0.3 is 0 Å². The number of carbonyl (C=O) groups is 1. The van der Waals surface area contributed by atoms with Crippen LogP contribution < -0.4 is 0 Å². The molecule has 1 amide bonds. The van der Waals surface area contributed by atoms with Crippen molar-refractivity contribution in [3.05, 3.63) is 28.5 Å². The Kier molecular flexibility index (Phi) is 3.64. The molecule has 0 unspecified atom stereocenters. The van der Waals surface area contributed by atoms with E-state index >= 15 is 0 Å². The lowest BCUT2D eigenvalue weighted by molar-refractivity contribution is 0.0766. The Morgan fingerprint density at radius 1 is 1.40 bits per heavy atom. The van der Waals surface area contributed by atoms with E-state index in [1.54, 1.807) is 6.07 Å². The van der Waals surface area contributed by atoms with Gasteiger partial charge in [0.25, 0.3) is 5.91 Å². The summed E-state index contributed by atoms with van der Waals surface area (Å²) in [6.45, 7) is 1.66.